The number of benzene rings is 1. The Morgan fingerprint density at radius 1 is 1.37 bits per heavy atom. The summed E-state index contributed by atoms with van der Waals surface area (Å²) in [6, 6.07) is 7.75. The molecule has 0 aliphatic rings. The molecule has 1 heterocycles. The molecule has 0 amide bonds. The molecule has 96 valence electrons. The van der Waals surface area contributed by atoms with Crippen molar-refractivity contribution in [1.29, 1.82) is 5.26 Å². The van der Waals surface area contributed by atoms with E-state index >= 15 is 0 Å². The van der Waals surface area contributed by atoms with Crippen molar-refractivity contribution in [2.75, 3.05) is 0 Å². The van der Waals surface area contributed by atoms with Gasteiger partial charge in [-0.2, -0.15) is 5.26 Å². The van der Waals surface area contributed by atoms with E-state index < -0.39 is 11.2 Å². The summed E-state index contributed by atoms with van der Waals surface area (Å²) in [5.74, 6) is -0.343. The summed E-state index contributed by atoms with van der Waals surface area (Å²) in [5.41, 5.74) is -0.676. The average molecular weight is 259 g/mol. The molecule has 0 bridgehead atoms. The van der Waals surface area contributed by atoms with Crippen LogP contribution < -0.4 is 11.2 Å². The third-order valence-electron chi connectivity index (χ3n) is 2.66. The highest BCUT2D eigenvalue weighted by atomic mass is 19.1. The molecule has 6 heteroatoms. The highest BCUT2D eigenvalue weighted by Gasteiger charge is 2.04. The highest BCUT2D eigenvalue weighted by Crippen LogP contribution is 2.04. The van der Waals surface area contributed by atoms with Crippen LogP contribution in [0.1, 0.15) is 11.1 Å². The number of halogens is 1. The van der Waals surface area contributed by atoms with Gasteiger partial charge in [-0.05, 0) is 24.1 Å². The van der Waals surface area contributed by atoms with Crippen molar-refractivity contribution in [3.8, 4) is 6.07 Å². The van der Waals surface area contributed by atoms with Crippen molar-refractivity contribution >= 4 is 0 Å². The van der Waals surface area contributed by atoms with Crippen molar-refractivity contribution in [3.63, 3.8) is 0 Å². The molecule has 0 saturated carbocycles. The number of rotatable bonds is 3. The van der Waals surface area contributed by atoms with Crippen molar-refractivity contribution in [2.45, 2.75) is 13.0 Å². The Bertz CT molecular complexity index is 755. The number of aromatic amines is 1. The summed E-state index contributed by atoms with van der Waals surface area (Å²) in [4.78, 5) is 24.8. The van der Waals surface area contributed by atoms with Crippen LogP contribution in [0.2, 0.25) is 0 Å². The third kappa shape index (κ3) is 2.96. The molecule has 1 N–H and O–H groups in total. The van der Waals surface area contributed by atoms with Gasteiger partial charge in [-0.25, -0.2) is 9.18 Å². The lowest BCUT2D eigenvalue weighted by molar-refractivity contribution is 0.616. The van der Waals surface area contributed by atoms with E-state index in [9.17, 15) is 14.0 Å². The molecule has 0 saturated heterocycles. The lowest BCUT2D eigenvalue weighted by Crippen LogP contribution is -2.31. The van der Waals surface area contributed by atoms with E-state index in [4.69, 9.17) is 5.26 Å². The van der Waals surface area contributed by atoms with Crippen molar-refractivity contribution < 1.29 is 4.39 Å². The van der Waals surface area contributed by atoms with E-state index in [0.717, 1.165) is 5.56 Å². The van der Waals surface area contributed by atoms with Gasteiger partial charge in [0.05, 0.1) is 0 Å². The predicted octanol–water partition coefficient (Wildman–Crippen LogP) is 0.790. The number of H-pyrrole nitrogens is 1. The van der Waals surface area contributed by atoms with Crippen LogP contribution in [0.25, 0.3) is 0 Å². The van der Waals surface area contributed by atoms with E-state index in [1.54, 1.807) is 18.2 Å². The van der Waals surface area contributed by atoms with Gasteiger partial charge in [-0.1, -0.05) is 12.1 Å². The predicted molar refractivity (Wildman–Crippen MR) is 66.1 cm³/mol. The molecule has 0 radical (unpaired) electrons. The maximum Gasteiger partial charge on any atom is 0.328 e. The molecule has 2 aromatic rings. The second-order valence-corrected chi connectivity index (χ2v) is 3.99. The standard InChI is InChI=1S/C13H10FN3O2/c14-11-3-1-2-9(6-11)4-5-17-8-10(7-15)12(18)16-13(17)19/h1-3,6,8H,4-5H2,(H,16,18,19). The molecule has 1 aromatic heterocycles. The first kappa shape index (κ1) is 12.8. The third-order valence-corrected chi connectivity index (χ3v) is 2.66. The Kier molecular flexibility index (Phi) is 3.57. The minimum Gasteiger partial charge on any atom is -0.299 e. The number of nitrogens with one attached hydrogen (secondary N) is 1. The largest absolute Gasteiger partial charge is 0.328 e. The maximum atomic E-state index is 13.0. The molecule has 0 atom stereocenters. The Hall–Kier alpha value is -2.68. The normalized spacial score (nSPS) is 10.1. The molecule has 0 unspecified atom stereocenters. The first-order chi connectivity index (χ1) is 9.10. The fraction of sp³-hybridized carbons (Fsp3) is 0.154. The smallest absolute Gasteiger partial charge is 0.299 e. The number of hydrogen-bond acceptors (Lipinski definition) is 3. The molecule has 19 heavy (non-hydrogen) atoms. The molecule has 2 rings (SSSR count). The van der Waals surface area contributed by atoms with Gasteiger partial charge in [0.25, 0.3) is 5.56 Å². The van der Waals surface area contributed by atoms with Crippen molar-refractivity contribution in [3.05, 3.63) is 68.2 Å². The van der Waals surface area contributed by atoms with Crippen LogP contribution in [0.5, 0.6) is 0 Å². The van der Waals surface area contributed by atoms with E-state index in [1.807, 2.05) is 0 Å². The summed E-state index contributed by atoms with van der Waals surface area (Å²) < 4.78 is 14.2. The Balaban J connectivity index is 2.23. The first-order valence-electron chi connectivity index (χ1n) is 5.58. The quantitative estimate of drug-likeness (QED) is 0.885. The Labute approximate surface area is 107 Å². The number of aromatic nitrogens is 2. The van der Waals surface area contributed by atoms with Crippen LogP contribution in [-0.2, 0) is 13.0 Å². The lowest BCUT2D eigenvalue weighted by atomic mass is 10.1. The minimum absolute atomic E-state index is 0.126. The summed E-state index contributed by atoms with van der Waals surface area (Å²) in [7, 11) is 0. The van der Waals surface area contributed by atoms with Gasteiger partial charge in [0.2, 0.25) is 0 Å². The van der Waals surface area contributed by atoms with Gasteiger partial charge in [0.15, 0.2) is 0 Å². The van der Waals surface area contributed by atoms with Crippen LogP contribution >= 0.6 is 0 Å². The Morgan fingerprint density at radius 3 is 2.84 bits per heavy atom. The molecular formula is C13H10FN3O2. The first-order valence-corrected chi connectivity index (χ1v) is 5.58. The van der Waals surface area contributed by atoms with Crippen LogP contribution in [0.15, 0.2) is 40.1 Å². The Morgan fingerprint density at radius 2 is 2.16 bits per heavy atom. The summed E-state index contributed by atoms with van der Waals surface area (Å²) >= 11 is 0. The molecule has 0 spiro atoms. The molecule has 1 aromatic carbocycles. The fourth-order valence-electron chi connectivity index (χ4n) is 1.70. The molecule has 5 nitrogen and oxygen atoms in total. The zero-order valence-corrected chi connectivity index (χ0v) is 9.89. The molecule has 0 aliphatic carbocycles. The molecule has 0 aliphatic heterocycles. The topological polar surface area (TPSA) is 78.7 Å². The monoisotopic (exact) mass is 259 g/mol. The molecular weight excluding hydrogens is 249 g/mol. The number of nitrogens with zero attached hydrogens (tertiary/aromatic N) is 2. The van der Waals surface area contributed by atoms with Gasteiger partial charge in [-0.15, -0.1) is 0 Å². The van der Waals surface area contributed by atoms with Crippen molar-refractivity contribution in [2.24, 2.45) is 0 Å². The highest BCUT2D eigenvalue weighted by molar-refractivity contribution is 5.22. The zero-order chi connectivity index (χ0) is 13.8. The summed E-state index contributed by atoms with van der Waals surface area (Å²) in [6.07, 6.45) is 1.63. The van der Waals surface area contributed by atoms with E-state index in [1.165, 1.54) is 22.9 Å². The van der Waals surface area contributed by atoms with Crippen LogP contribution in [0, 0.1) is 17.1 Å². The fourth-order valence-corrected chi connectivity index (χ4v) is 1.70. The second-order valence-electron chi connectivity index (χ2n) is 3.99. The van der Waals surface area contributed by atoms with Crippen molar-refractivity contribution in [1.82, 2.24) is 9.55 Å². The number of aryl methyl sites for hydroxylation is 2. The zero-order valence-electron chi connectivity index (χ0n) is 9.89. The van der Waals surface area contributed by atoms with Gasteiger partial charge < -0.3 is 0 Å². The van der Waals surface area contributed by atoms with Crippen LogP contribution in [0.3, 0.4) is 0 Å². The lowest BCUT2D eigenvalue weighted by Gasteiger charge is -2.05. The average Bonchev–Trinajstić information content (AvgIpc) is 2.38. The van der Waals surface area contributed by atoms with Gasteiger partial charge >= 0.3 is 5.69 Å². The summed E-state index contributed by atoms with van der Waals surface area (Å²) in [6.45, 7) is 0.258. The van der Waals surface area contributed by atoms with Gasteiger partial charge in [0, 0.05) is 12.7 Å². The number of nitriles is 1. The van der Waals surface area contributed by atoms with E-state index in [0.29, 0.717) is 6.42 Å². The summed E-state index contributed by atoms with van der Waals surface area (Å²) in [5, 5.41) is 8.72. The molecule has 0 fully saturated rings. The maximum absolute atomic E-state index is 13.0. The number of hydrogen-bond donors (Lipinski definition) is 1. The SMILES string of the molecule is N#Cc1cn(CCc2cccc(F)c2)c(=O)[nH]c1=O. The minimum atomic E-state index is -0.700. The van der Waals surface area contributed by atoms with Gasteiger partial charge in [0.1, 0.15) is 17.4 Å². The van der Waals surface area contributed by atoms with Crippen LogP contribution in [0.4, 0.5) is 4.39 Å². The van der Waals surface area contributed by atoms with E-state index in [-0.39, 0.29) is 17.9 Å². The second kappa shape index (κ2) is 5.31. The van der Waals surface area contributed by atoms with Crippen LogP contribution in [-0.4, -0.2) is 9.55 Å². The van der Waals surface area contributed by atoms with E-state index in [2.05, 4.69) is 4.98 Å². The van der Waals surface area contributed by atoms with Gasteiger partial charge in [-0.3, -0.25) is 14.3 Å².